The van der Waals surface area contributed by atoms with Crippen molar-refractivity contribution in [1.82, 2.24) is 0 Å². The van der Waals surface area contributed by atoms with Crippen LogP contribution in [0.4, 0.5) is 0 Å². The second-order valence-electron chi connectivity index (χ2n) is 8.08. The minimum Gasteiger partial charge on any atom is -0.462 e. The summed E-state index contributed by atoms with van der Waals surface area (Å²) in [5.41, 5.74) is 8.42. The number of fused-ring (bicyclic) bond motifs is 1. The predicted octanol–water partition coefficient (Wildman–Crippen LogP) is 5.98. The van der Waals surface area contributed by atoms with E-state index in [2.05, 4.69) is 53.0 Å². The van der Waals surface area contributed by atoms with Crippen molar-refractivity contribution in [3.05, 3.63) is 45.3 Å². The van der Waals surface area contributed by atoms with Crippen LogP contribution < -0.4 is 5.43 Å². The topological polar surface area (TPSA) is 30.2 Å². The van der Waals surface area contributed by atoms with Gasteiger partial charge in [-0.05, 0) is 47.7 Å². The molecule has 0 unspecified atom stereocenters. The highest BCUT2D eigenvalue weighted by Gasteiger charge is 2.41. The molecular formula is C22H30O2Si. The first-order chi connectivity index (χ1) is 11.6. The third kappa shape index (κ3) is 3.46. The number of rotatable bonds is 3. The molecule has 2 aromatic rings. The van der Waals surface area contributed by atoms with Gasteiger partial charge in [-0.1, -0.05) is 53.5 Å². The molecule has 0 amide bonds. The Hall–Kier alpha value is -1.79. The third-order valence-corrected chi connectivity index (χ3v) is 11.8. The van der Waals surface area contributed by atoms with Gasteiger partial charge in [-0.3, -0.25) is 4.79 Å². The van der Waals surface area contributed by atoms with Crippen LogP contribution in [0.25, 0.3) is 11.0 Å². The van der Waals surface area contributed by atoms with Crippen LogP contribution in [0.3, 0.4) is 0 Å². The molecule has 0 aliphatic carbocycles. The molecule has 0 saturated heterocycles. The summed E-state index contributed by atoms with van der Waals surface area (Å²) >= 11 is 0. The van der Waals surface area contributed by atoms with Crippen LogP contribution >= 0.6 is 0 Å². The van der Waals surface area contributed by atoms with E-state index in [1.165, 1.54) is 0 Å². The maximum absolute atomic E-state index is 12.9. The molecule has 0 atom stereocenters. The quantitative estimate of drug-likeness (QED) is 0.501. The van der Waals surface area contributed by atoms with Crippen LogP contribution in [0, 0.1) is 25.3 Å². The van der Waals surface area contributed by atoms with Gasteiger partial charge in [0.15, 0.2) is 0 Å². The van der Waals surface area contributed by atoms with Gasteiger partial charge in [0, 0.05) is 0 Å². The highest BCUT2D eigenvalue weighted by molar-refractivity contribution is 6.90. The van der Waals surface area contributed by atoms with E-state index in [1.54, 1.807) is 6.26 Å². The Morgan fingerprint density at radius 2 is 1.52 bits per heavy atom. The summed E-state index contributed by atoms with van der Waals surface area (Å²) < 4.78 is 5.77. The Morgan fingerprint density at radius 1 is 0.960 bits per heavy atom. The molecule has 0 fully saturated rings. The molecule has 0 N–H and O–H groups in total. The van der Waals surface area contributed by atoms with E-state index in [0.29, 0.717) is 33.2 Å². The summed E-state index contributed by atoms with van der Waals surface area (Å²) in [7, 11) is -1.86. The molecule has 3 heteroatoms. The lowest BCUT2D eigenvalue weighted by molar-refractivity contribution is 0.598. The van der Waals surface area contributed by atoms with Gasteiger partial charge in [-0.25, -0.2) is 0 Å². The fourth-order valence-corrected chi connectivity index (χ4v) is 9.51. The van der Waals surface area contributed by atoms with E-state index in [0.717, 1.165) is 11.1 Å². The van der Waals surface area contributed by atoms with Crippen molar-refractivity contribution in [1.29, 1.82) is 0 Å². The van der Waals surface area contributed by atoms with Crippen LogP contribution in [-0.2, 0) is 0 Å². The van der Waals surface area contributed by atoms with Gasteiger partial charge in [-0.2, -0.15) is 0 Å². The van der Waals surface area contributed by atoms with Crippen LogP contribution in [0.2, 0.25) is 16.6 Å². The van der Waals surface area contributed by atoms with Crippen molar-refractivity contribution < 1.29 is 4.42 Å². The third-order valence-electron chi connectivity index (χ3n) is 5.48. The number of benzene rings is 1. The molecule has 1 heterocycles. The molecule has 1 aromatic carbocycles. The van der Waals surface area contributed by atoms with Crippen molar-refractivity contribution in [2.24, 2.45) is 0 Å². The van der Waals surface area contributed by atoms with Crippen molar-refractivity contribution in [3.63, 3.8) is 0 Å². The largest absolute Gasteiger partial charge is 0.462 e. The Balaban J connectivity index is 2.67. The summed E-state index contributed by atoms with van der Waals surface area (Å²) in [6.45, 7) is 17.6. The van der Waals surface area contributed by atoms with Gasteiger partial charge in [0.1, 0.15) is 25.5 Å². The predicted molar refractivity (Wildman–Crippen MR) is 110 cm³/mol. The molecule has 0 aliphatic heterocycles. The van der Waals surface area contributed by atoms with Gasteiger partial charge in [0.05, 0.1) is 5.39 Å². The Bertz CT molecular complexity index is 870. The SMILES string of the molecule is Cc1cc(C)c2occ(C#C[Si](C(C)C)(C(C)C)C(C)C)c(=O)c2c1. The number of aryl methyl sites for hydroxylation is 2. The second kappa shape index (κ2) is 7.21. The highest BCUT2D eigenvalue weighted by Crippen LogP contribution is 2.40. The molecule has 134 valence electrons. The molecule has 0 aliphatic rings. The van der Waals surface area contributed by atoms with E-state index in [9.17, 15) is 4.79 Å². The molecule has 0 spiro atoms. The summed E-state index contributed by atoms with van der Waals surface area (Å²) in [5, 5.41) is 0.634. The normalized spacial score (nSPS) is 12.1. The lowest BCUT2D eigenvalue weighted by Crippen LogP contribution is -2.43. The fourth-order valence-electron chi connectivity index (χ4n) is 4.29. The maximum Gasteiger partial charge on any atom is 0.208 e. The molecule has 2 rings (SSSR count). The van der Waals surface area contributed by atoms with Gasteiger partial charge >= 0.3 is 0 Å². The van der Waals surface area contributed by atoms with Gasteiger partial charge in [-0.15, -0.1) is 5.54 Å². The summed E-state index contributed by atoms with van der Waals surface area (Å²) in [4.78, 5) is 12.9. The van der Waals surface area contributed by atoms with E-state index in [-0.39, 0.29) is 5.43 Å². The summed E-state index contributed by atoms with van der Waals surface area (Å²) in [5.74, 6) is 3.23. The summed E-state index contributed by atoms with van der Waals surface area (Å²) in [6.07, 6.45) is 1.54. The second-order valence-corrected chi connectivity index (χ2v) is 13.7. The standard InChI is InChI=1S/C22H30O2Si/c1-14(2)25(15(3)4,16(5)6)10-9-19-13-24-22-18(8)11-17(7)12-20(22)21(19)23/h11-16H,1-8H3. The van der Waals surface area contributed by atoms with E-state index < -0.39 is 8.07 Å². The molecule has 0 radical (unpaired) electrons. The summed E-state index contributed by atoms with van der Waals surface area (Å²) in [6, 6.07) is 3.93. The Kier molecular flexibility index (Phi) is 5.64. The van der Waals surface area contributed by atoms with Crippen LogP contribution in [0.5, 0.6) is 0 Å². The van der Waals surface area contributed by atoms with Gasteiger partial charge in [0.25, 0.3) is 0 Å². The minimum absolute atomic E-state index is 0.0141. The first kappa shape index (κ1) is 19.5. The smallest absolute Gasteiger partial charge is 0.208 e. The molecule has 0 saturated carbocycles. The van der Waals surface area contributed by atoms with E-state index in [4.69, 9.17) is 4.42 Å². The van der Waals surface area contributed by atoms with E-state index in [1.807, 2.05) is 26.0 Å². The highest BCUT2D eigenvalue weighted by atomic mass is 28.3. The zero-order chi connectivity index (χ0) is 18.9. The van der Waals surface area contributed by atoms with Gasteiger partial charge in [0.2, 0.25) is 5.43 Å². The minimum atomic E-state index is -1.86. The lowest BCUT2D eigenvalue weighted by Gasteiger charge is -2.38. The fraction of sp³-hybridized carbons (Fsp3) is 0.500. The molecule has 1 aromatic heterocycles. The monoisotopic (exact) mass is 354 g/mol. The Morgan fingerprint density at radius 3 is 2.04 bits per heavy atom. The number of hydrogen-bond donors (Lipinski definition) is 0. The lowest BCUT2D eigenvalue weighted by atomic mass is 10.1. The molecule has 2 nitrogen and oxygen atoms in total. The van der Waals surface area contributed by atoms with Crippen molar-refractivity contribution in [2.45, 2.75) is 72.0 Å². The zero-order valence-corrected chi connectivity index (χ0v) is 17.8. The van der Waals surface area contributed by atoms with Crippen molar-refractivity contribution >= 4 is 19.0 Å². The molecule has 25 heavy (non-hydrogen) atoms. The van der Waals surface area contributed by atoms with E-state index >= 15 is 0 Å². The molecule has 0 bridgehead atoms. The average molecular weight is 355 g/mol. The first-order valence-electron chi connectivity index (χ1n) is 9.17. The van der Waals surface area contributed by atoms with Crippen molar-refractivity contribution in [3.8, 4) is 11.5 Å². The first-order valence-corrected chi connectivity index (χ1v) is 11.4. The van der Waals surface area contributed by atoms with Gasteiger partial charge < -0.3 is 4.42 Å². The van der Waals surface area contributed by atoms with Crippen LogP contribution in [-0.4, -0.2) is 8.07 Å². The van der Waals surface area contributed by atoms with Crippen LogP contribution in [0.15, 0.2) is 27.6 Å². The number of hydrogen-bond acceptors (Lipinski definition) is 2. The van der Waals surface area contributed by atoms with Crippen LogP contribution in [0.1, 0.15) is 58.2 Å². The Labute approximate surface area is 152 Å². The average Bonchev–Trinajstić information content (AvgIpc) is 2.49. The maximum atomic E-state index is 12.9. The van der Waals surface area contributed by atoms with Crippen molar-refractivity contribution in [2.75, 3.05) is 0 Å². The molecular weight excluding hydrogens is 324 g/mol. The zero-order valence-electron chi connectivity index (χ0n) is 16.8.